The minimum Gasteiger partial charge on any atom is -0.423 e. The molecule has 0 aliphatic heterocycles. The van der Waals surface area contributed by atoms with Crippen molar-refractivity contribution in [3.8, 4) is 10.6 Å². The predicted octanol–water partition coefficient (Wildman–Crippen LogP) is 0.490. The molecular formula is C9H8BNO2S. The summed E-state index contributed by atoms with van der Waals surface area (Å²) in [6.07, 6.45) is 1.74. The summed E-state index contributed by atoms with van der Waals surface area (Å²) < 4.78 is 0. The smallest absolute Gasteiger partial charge is 0.423 e. The summed E-state index contributed by atoms with van der Waals surface area (Å²) in [4.78, 5) is 4.15. The van der Waals surface area contributed by atoms with Crippen molar-refractivity contribution in [3.05, 3.63) is 35.8 Å². The number of benzene rings is 1. The van der Waals surface area contributed by atoms with Crippen LogP contribution in [0.25, 0.3) is 10.6 Å². The molecular weight excluding hydrogens is 197 g/mol. The van der Waals surface area contributed by atoms with E-state index >= 15 is 0 Å². The molecule has 1 heterocycles. The lowest BCUT2D eigenvalue weighted by atomic mass is 9.80. The molecule has 0 saturated heterocycles. The Morgan fingerprint density at radius 1 is 1.14 bits per heavy atom. The third-order valence-electron chi connectivity index (χ3n) is 1.89. The van der Waals surface area contributed by atoms with Crippen molar-refractivity contribution in [2.75, 3.05) is 0 Å². The molecule has 0 spiro atoms. The Labute approximate surface area is 85.8 Å². The number of hydrogen-bond donors (Lipinski definition) is 2. The predicted molar refractivity (Wildman–Crippen MR) is 57.4 cm³/mol. The van der Waals surface area contributed by atoms with E-state index in [1.54, 1.807) is 29.7 Å². The number of rotatable bonds is 2. The zero-order valence-corrected chi connectivity index (χ0v) is 8.11. The molecule has 0 unspecified atom stereocenters. The van der Waals surface area contributed by atoms with Crippen molar-refractivity contribution in [1.29, 1.82) is 0 Å². The van der Waals surface area contributed by atoms with Crippen LogP contribution in [0, 0.1) is 0 Å². The van der Waals surface area contributed by atoms with Gasteiger partial charge in [0.1, 0.15) is 5.01 Å². The van der Waals surface area contributed by atoms with E-state index in [1.165, 1.54) is 0 Å². The zero-order chi connectivity index (χ0) is 9.97. The monoisotopic (exact) mass is 205 g/mol. The van der Waals surface area contributed by atoms with Gasteiger partial charge in [-0.05, 0) is 5.46 Å². The van der Waals surface area contributed by atoms with Gasteiger partial charge in [0.25, 0.3) is 0 Å². The number of aromatic nitrogens is 1. The minimum atomic E-state index is -1.40. The minimum absolute atomic E-state index is 0.491. The number of hydrogen-bond acceptors (Lipinski definition) is 4. The zero-order valence-electron chi connectivity index (χ0n) is 7.29. The van der Waals surface area contributed by atoms with Crippen LogP contribution >= 0.6 is 11.3 Å². The topological polar surface area (TPSA) is 53.4 Å². The maximum absolute atomic E-state index is 8.89. The first kappa shape index (κ1) is 9.39. The highest BCUT2D eigenvalue weighted by Gasteiger charge is 2.10. The van der Waals surface area contributed by atoms with Gasteiger partial charge in [0, 0.05) is 17.1 Å². The normalized spacial score (nSPS) is 10.1. The van der Waals surface area contributed by atoms with Gasteiger partial charge in [0.15, 0.2) is 0 Å². The van der Waals surface area contributed by atoms with E-state index in [1.807, 2.05) is 17.5 Å². The Balaban J connectivity index is 2.31. The highest BCUT2D eigenvalue weighted by Crippen LogP contribution is 2.20. The van der Waals surface area contributed by atoms with Crippen molar-refractivity contribution < 1.29 is 10.0 Å². The molecule has 0 radical (unpaired) electrons. The largest absolute Gasteiger partial charge is 0.488 e. The molecule has 2 N–H and O–H groups in total. The van der Waals surface area contributed by atoms with Crippen LogP contribution in [-0.2, 0) is 0 Å². The van der Waals surface area contributed by atoms with Crippen LogP contribution in [0.3, 0.4) is 0 Å². The number of nitrogens with zero attached hydrogens (tertiary/aromatic N) is 1. The van der Waals surface area contributed by atoms with Crippen LogP contribution in [-0.4, -0.2) is 22.2 Å². The Hall–Kier alpha value is -1.17. The average molecular weight is 205 g/mol. The van der Waals surface area contributed by atoms with Crippen LogP contribution in [0.5, 0.6) is 0 Å². The second-order valence-corrected chi connectivity index (χ2v) is 3.73. The first-order valence-electron chi connectivity index (χ1n) is 4.13. The van der Waals surface area contributed by atoms with Crippen LogP contribution in [0.15, 0.2) is 35.8 Å². The van der Waals surface area contributed by atoms with E-state index in [0.29, 0.717) is 5.46 Å². The summed E-state index contributed by atoms with van der Waals surface area (Å²) in [5.74, 6) is 0. The van der Waals surface area contributed by atoms with Gasteiger partial charge >= 0.3 is 7.12 Å². The molecule has 2 rings (SSSR count). The Bertz CT molecular complexity index is 399. The molecule has 3 nitrogen and oxygen atoms in total. The highest BCUT2D eigenvalue weighted by atomic mass is 32.1. The van der Waals surface area contributed by atoms with Gasteiger partial charge in [0.05, 0.1) is 0 Å². The molecule has 1 aromatic carbocycles. The molecule has 1 aromatic heterocycles. The second-order valence-electron chi connectivity index (χ2n) is 2.83. The summed E-state index contributed by atoms with van der Waals surface area (Å²) in [6.45, 7) is 0. The fraction of sp³-hybridized carbons (Fsp3) is 0. The third kappa shape index (κ3) is 1.84. The summed E-state index contributed by atoms with van der Waals surface area (Å²) in [5, 5.41) is 20.6. The fourth-order valence-corrected chi connectivity index (χ4v) is 1.81. The van der Waals surface area contributed by atoms with Gasteiger partial charge in [-0.3, -0.25) is 0 Å². The molecule has 0 bridgehead atoms. The van der Waals surface area contributed by atoms with Gasteiger partial charge in [0.2, 0.25) is 0 Å². The van der Waals surface area contributed by atoms with Crippen LogP contribution in [0.4, 0.5) is 0 Å². The first-order chi connectivity index (χ1) is 6.77. The molecule has 5 heteroatoms. The molecule has 0 fully saturated rings. The SMILES string of the molecule is OB(O)c1ccc(-c2nccs2)cc1. The Morgan fingerprint density at radius 2 is 1.86 bits per heavy atom. The summed E-state index contributed by atoms with van der Waals surface area (Å²) in [5.41, 5.74) is 1.48. The summed E-state index contributed by atoms with van der Waals surface area (Å²) in [7, 11) is -1.40. The van der Waals surface area contributed by atoms with Gasteiger partial charge < -0.3 is 10.0 Å². The third-order valence-corrected chi connectivity index (χ3v) is 2.71. The number of thiazole rings is 1. The van der Waals surface area contributed by atoms with Crippen molar-refractivity contribution in [2.24, 2.45) is 0 Å². The van der Waals surface area contributed by atoms with Crippen LogP contribution in [0.2, 0.25) is 0 Å². The van der Waals surface area contributed by atoms with Gasteiger partial charge in [-0.25, -0.2) is 4.98 Å². The van der Waals surface area contributed by atoms with E-state index < -0.39 is 7.12 Å². The van der Waals surface area contributed by atoms with Crippen molar-refractivity contribution in [3.63, 3.8) is 0 Å². The average Bonchev–Trinajstić information content (AvgIpc) is 2.71. The molecule has 0 saturated carbocycles. The summed E-state index contributed by atoms with van der Waals surface area (Å²) >= 11 is 1.55. The maximum atomic E-state index is 8.89. The highest BCUT2D eigenvalue weighted by molar-refractivity contribution is 7.13. The molecule has 0 atom stereocenters. The van der Waals surface area contributed by atoms with Gasteiger partial charge in [-0.2, -0.15) is 0 Å². The van der Waals surface area contributed by atoms with Crippen LogP contribution < -0.4 is 5.46 Å². The lowest BCUT2D eigenvalue weighted by Crippen LogP contribution is -2.29. The lowest BCUT2D eigenvalue weighted by Gasteiger charge is -2.00. The Morgan fingerprint density at radius 3 is 2.36 bits per heavy atom. The standard InChI is InChI=1S/C9H8BNO2S/c12-10(13)8-3-1-7(2-4-8)9-11-5-6-14-9/h1-6,12-13H. The molecule has 2 aromatic rings. The van der Waals surface area contributed by atoms with Crippen molar-refractivity contribution in [1.82, 2.24) is 4.98 Å². The fourth-order valence-electron chi connectivity index (χ4n) is 1.16. The quantitative estimate of drug-likeness (QED) is 0.701. The lowest BCUT2D eigenvalue weighted by molar-refractivity contribution is 0.426. The first-order valence-corrected chi connectivity index (χ1v) is 5.01. The maximum Gasteiger partial charge on any atom is 0.488 e. The van der Waals surface area contributed by atoms with E-state index in [0.717, 1.165) is 10.6 Å². The van der Waals surface area contributed by atoms with Crippen molar-refractivity contribution >= 4 is 23.9 Å². The summed E-state index contributed by atoms with van der Waals surface area (Å²) in [6, 6.07) is 7.02. The molecule has 0 aliphatic carbocycles. The van der Waals surface area contributed by atoms with E-state index in [9.17, 15) is 0 Å². The van der Waals surface area contributed by atoms with Crippen molar-refractivity contribution in [2.45, 2.75) is 0 Å². The second kappa shape index (κ2) is 3.92. The Kier molecular flexibility index (Phi) is 2.63. The molecule has 0 amide bonds. The molecule has 14 heavy (non-hydrogen) atoms. The van der Waals surface area contributed by atoms with Gasteiger partial charge in [-0.15, -0.1) is 11.3 Å². The van der Waals surface area contributed by atoms with Crippen LogP contribution in [0.1, 0.15) is 0 Å². The van der Waals surface area contributed by atoms with E-state index in [4.69, 9.17) is 10.0 Å². The molecule has 70 valence electrons. The van der Waals surface area contributed by atoms with Gasteiger partial charge in [-0.1, -0.05) is 24.3 Å². The van der Waals surface area contributed by atoms with E-state index in [2.05, 4.69) is 4.98 Å². The molecule has 0 aliphatic rings. The van der Waals surface area contributed by atoms with E-state index in [-0.39, 0.29) is 0 Å².